The number of benzene rings is 2. The molecule has 0 saturated heterocycles. The third kappa shape index (κ3) is 13.9. The van der Waals surface area contributed by atoms with E-state index in [0.717, 1.165) is 42.6 Å². The highest BCUT2D eigenvalue weighted by molar-refractivity contribution is 5.85. The Balaban J connectivity index is 0.00000840. The van der Waals surface area contributed by atoms with Crippen LogP contribution in [0.2, 0.25) is 0 Å². The van der Waals surface area contributed by atoms with Crippen molar-refractivity contribution in [1.29, 1.82) is 0 Å². The lowest BCUT2D eigenvalue weighted by molar-refractivity contribution is -0.125. The van der Waals surface area contributed by atoms with Crippen molar-refractivity contribution in [1.82, 2.24) is 5.32 Å². The summed E-state index contributed by atoms with van der Waals surface area (Å²) in [4.78, 5) is 12.4. The van der Waals surface area contributed by atoms with E-state index >= 15 is 0 Å². The zero-order valence-electron chi connectivity index (χ0n) is 25.6. The van der Waals surface area contributed by atoms with E-state index in [-0.39, 0.29) is 30.2 Å². The zero-order valence-corrected chi connectivity index (χ0v) is 26.5. The summed E-state index contributed by atoms with van der Waals surface area (Å²) in [6.07, 6.45) is 3.87. The molecule has 2 rings (SSSR count). The van der Waals surface area contributed by atoms with E-state index in [2.05, 4.69) is 38.2 Å². The Morgan fingerprint density at radius 3 is 2.34 bits per heavy atom. The van der Waals surface area contributed by atoms with Crippen molar-refractivity contribution in [2.75, 3.05) is 26.9 Å². The predicted octanol–water partition coefficient (Wildman–Crippen LogP) is 5.94. The standard InChI is InChI=1S/C33H52N2O5.ClH/c1-6-7-16-35-33(37)25(4)19-30(36)29(34)22-28(24(2)3)20-27-14-15-31(32(21-27)39-18-11-17-38-5)40-23-26-12-9-8-10-13-26;/h8-10,12-15,21,24-25,28-30,36H,6-7,11,16-20,22-23,34H2,1-5H3,(H,35,37);1H/t25-,28+,29+,30+;/m1./s1. The quantitative estimate of drug-likeness (QED) is 0.164. The van der Waals surface area contributed by atoms with Crippen molar-refractivity contribution in [2.45, 2.75) is 85.0 Å². The maximum atomic E-state index is 12.4. The van der Waals surface area contributed by atoms with Gasteiger partial charge in [0.15, 0.2) is 11.5 Å². The van der Waals surface area contributed by atoms with E-state index in [1.165, 1.54) is 0 Å². The van der Waals surface area contributed by atoms with Crippen LogP contribution >= 0.6 is 12.4 Å². The molecule has 0 aromatic heterocycles. The Labute approximate surface area is 253 Å². The van der Waals surface area contributed by atoms with Gasteiger partial charge in [0.1, 0.15) is 6.61 Å². The number of hydrogen-bond acceptors (Lipinski definition) is 6. The molecule has 0 heterocycles. The van der Waals surface area contributed by atoms with E-state index in [4.69, 9.17) is 19.9 Å². The van der Waals surface area contributed by atoms with Gasteiger partial charge in [-0.15, -0.1) is 12.4 Å². The minimum atomic E-state index is -0.735. The third-order valence-corrected chi connectivity index (χ3v) is 7.38. The molecule has 2 aromatic rings. The summed E-state index contributed by atoms with van der Waals surface area (Å²) in [5.74, 6) is 1.76. The zero-order chi connectivity index (χ0) is 29.3. The molecule has 7 nitrogen and oxygen atoms in total. The Bertz CT molecular complexity index is 975. The van der Waals surface area contributed by atoms with Crippen LogP contribution in [0.15, 0.2) is 48.5 Å². The number of hydrogen-bond donors (Lipinski definition) is 3. The number of rotatable bonds is 20. The van der Waals surface area contributed by atoms with Crippen molar-refractivity contribution in [3.63, 3.8) is 0 Å². The van der Waals surface area contributed by atoms with Crippen LogP contribution in [0.3, 0.4) is 0 Å². The minimum absolute atomic E-state index is 0. The average Bonchev–Trinajstić information content (AvgIpc) is 2.94. The lowest BCUT2D eigenvalue weighted by atomic mass is 9.82. The number of carbonyl (C=O) groups excluding carboxylic acids is 1. The number of aliphatic hydroxyl groups excluding tert-OH is 1. The molecule has 232 valence electrons. The number of methoxy groups -OCH3 is 1. The first-order valence-corrected chi connectivity index (χ1v) is 14.9. The number of amides is 1. The number of nitrogens with two attached hydrogens (primary N) is 1. The van der Waals surface area contributed by atoms with Gasteiger partial charge in [0.05, 0.1) is 12.7 Å². The molecule has 8 heteroatoms. The molecule has 0 saturated carbocycles. The highest BCUT2D eigenvalue weighted by Gasteiger charge is 2.26. The molecule has 4 atom stereocenters. The lowest BCUT2D eigenvalue weighted by Crippen LogP contribution is -2.41. The topological polar surface area (TPSA) is 103 Å². The van der Waals surface area contributed by atoms with E-state index < -0.39 is 12.1 Å². The van der Waals surface area contributed by atoms with Crippen LogP contribution in [-0.2, 0) is 22.6 Å². The number of unbranched alkanes of at least 4 members (excludes halogenated alkanes) is 1. The van der Waals surface area contributed by atoms with E-state index in [0.29, 0.717) is 50.9 Å². The van der Waals surface area contributed by atoms with Gasteiger partial charge in [0, 0.05) is 38.6 Å². The highest BCUT2D eigenvalue weighted by Crippen LogP contribution is 2.32. The lowest BCUT2D eigenvalue weighted by Gasteiger charge is -2.28. The Morgan fingerprint density at radius 2 is 1.68 bits per heavy atom. The molecule has 0 aliphatic rings. The average molecular weight is 593 g/mol. The predicted molar refractivity (Wildman–Crippen MR) is 169 cm³/mol. The van der Waals surface area contributed by atoms with Gasteiger partial charge in [-0.25, -0.2) is 0 Å². The van der Waals surface area contributed by atoms with E-state index in [1.807, 2.05) is 43.3 Å². The molecule has 0 radical (unpaired) electrons. The Morgan fingerprint density at radius 1 is 0.951 bits per heavy atom. The molecule has 0 unspecified atom stereocenters. The first-order valence-electron chi connectivity index (χ1n) is 14.9. The monoisotopic (exact) mass is 592 g/mol. The second kappa shape index (κ2) is 20.5. The van der Waals surface area contributed by atoms with Crippen LogP contribution in [0.1, 0.15) is 70.9 Å². The number of carbonyl (C=O) groups is 1. The van der Waals surface area contributed by atoms with Crippen molar-refractivity contribution in [2.24, 2.45) is 23.5 Å². The fraction of sp³-hybridized carbons (Fsp3) is 0.606. The maximum absolute atomic E-state index is 12.4. The second-order valence-electron chi connectivity index (χ2n) is 11.2. The largest absolute Gasteiger partial charge is 0.490 e. The molecular formula is C33H53ClN2O5. The molecule has 41 heavy (non-hydrogen) atoms. The number of halogens is 1. The molecule has 0 bridgehead atoms. The van der Waals surface area contributed by atoms with Gasteiger partial charge in [0.25, 0.3) is 0 Å². The summed E-state index contributed by atoms with van der Waals surface area (Å²) in [6.45, 7) is 10.6. The van der Waals surface area contributed by atoms with Gasteiger partial charge in [-0.05, 0) is 60.8 Å². The van der Waals surface area contributed by atoms with Gasteiger partial charge in [-0.2, -0.15) is 0 Å². The molecule has 1 amide bonds. The summed E-state index contributed by atoms with van der Waals surface area (Å²) in [6, 6.07) is 15.8. The fourth-order valence-corrected chi connectivity index (χ4v) is 4.64. The van der Waals surface area contributed by atoms with Crippen molar-refractivity contribution in [3.8, 4) is 11.5 Å². The third-order valence-electron chi connectivity index (χ3n) is 7.38. The van der Waals surface area contributed by atoms with Gasteiger partial charge in [0.2, 0.25) is 5.91 Å². The molecule has 2 aromatic carbocycles. The van der Waals surface area contributed by atoms with Crippen molar-refractivity contribution in [3.05, 3.63) is 59.7 Å². The number of nitrogens with one attached hydrogen (secondary N) is 1. The molecule has 0 aliphatic heterocycles. The second-order valence-corrected chi connectivity index (χ2v) is 11.2. The van der Waals surface area contributed by atoms with E-state index in [1.54, 1.807) is 7.11 Å². The maximum Gasteiger partial charge on any atom is 0.222 e. The van der Waals surface area contributed by atoms with Gasteiger partial charge < -0.3 is 30.4 Å². The Hall–Kier alpha value is -2.32. The van der Waals surface area contributed by atoms with Crippen LogP contribution < -0.4 is 20.5 Å². The summed E-state index contributed by atoms with van der Waals surface area (Å²) in [5.41, 5.74) is 8.72. The summed E-state index contributed by atoms with van der Waals surface area (Å²) in [5, 5.41) is 13.8. The summed E-state index contributed by atoms with van der Waals surface area (Å²) in [7, 11) is 1.69. The molecule has 0 aliphatic carbocycles. The number of aliphatic hydroxyl groups is 1. The van der Waals surface area contributed by atoms with Crippen molar-refractivity contribution < 1.29 is 24.1 Å². The molecule has 0 fully saturated rings. The van der Waals surface area contributed by atoms with Crippen LogP contribution in [0, 0.1) is 17.8 Å². The van der Waals surface area contributed by atoms with Crippen LogP contribution in [0.4, 0.5) is 0 Å². The molecular weight excluding hydrogens is 540 g/mol. The van der Waals surface area contributed by atoms with Crippen LogP contribution in [-0.4, -0.2) is 50.0 Å². The SMILES string of the molecule is CCCCNC(=O)[C@H](C)C[C@H](O)[C@@H](N)C[C@H](Cc1ccc(OCc2ccccc2)c(OCCCOC)c1)C(C)C.Cl. The minimum Gasteiger partial charge on any atom is -0.490 e. The first-order chi connectivity index (χ1) is 19.2. The normalized spacial score (nSPS) is 14.0. The van der Waals surface area contributed by atoms with Gasteiger partial charge >= 0.3 is 0 Å². The van der Waals surface area contributed by atoms with E-state index in [9.17, 15) is 9.90 Å². The summed E-state index contributed by atoms with van der Waals surface area (Å²) >= 11 is 0. The van der Waals surface area contributed by atoms with Crippen molar-refractivity contribution >= 4 is 18.3 Å². The molecule has 0 spiro atoms. The van der Waals surface area contributed by atoms with Crippen LogP contribution in [0.5, 0.6) is 11.5 Å². The first kappa shape index (κ1) is 36.7. The fourth-order valence-electron chi connectivity index (χ4n) is 4.64. The van der Waals surface area contributed by atoms with Gasteiger partial charge in [-0.1, -0.05) is 70.5 Å². The smallest absolute Gasteiger partial charge is 0.222 e. The summed E-state index contributed by atoms with van der Waals surface area (Å²) < 4.78 is 17.4. The number of ether oxygens (including phenoxy) is 3. The van der Waals surface area contributed by atoms with Gasteiger partial charge in [-0.3, -0.25) is 4.79 Å². The highest BCUT2D eigenvalue weighted by atomic mass is 35.5. The van der Waals surface area contributed by atoms with Crippen LogP contribution in [0.25, 0.3) is 0 Å². The Kier molecular flexibility index (Phi) is 18.4. The molecule has 4 N–H and O–H groups in total.